The first-order valence-electron chi connectivity index (χ1n) is 10.2. The van der Waals surface area contributed by atoms with Gasteiger partial charge in [-0.25, -0.2) is 0 Å². The molecule has 2 amide bonds. The minimum Gasteiger partial charge on any atom is -0.350 e. The highest BCUT2D eigenvalue weighted by molar-refractivity contribution is 5.84. The average Bonchev–Trinajstić information content (AvgIpc) is 3.37. The van der Waals surface area contributed by atoms with Gasteiger partial charge in [-0.05, 0) is 82.0 Å². The SMILES string of the molecule is O=C(NC12CC3CC(CC(C3)C1)C2)[C@H]1CCCN(C(=O)C2CC2)C1. The first-order valence-corrected chi connectivity index (χ1v) is 10.2. The number of likely N-dealkylation sites (tertiary alicyclic amines) is 1. The lowest BCUT2D eigenvalue weighted by Crippen LogP contribution is -2.61. The number of amides is 2. The van der Waals surface area contributed by atoms with Gasteiger partial charge < -0.3 is 10.2 Å². The fraction of sp³-hybridized carbons (Fsp3) is 0.900. The van der Waals surface area contributed by atoms with E-state index in [4.69, 9.17) is 0 Å². The van der Waals surface area contributed by atoms with Crippen LogP contribution in [0.5, 0.6) is 0 Å². The van der Waals surface area contributed by atoms with Crippen LogP contribution in [0.2, 0.25) is 0 Å². The summed E-state index contributed by atoms with van der Waals surface area (Å²) in [7, 11) is 0. The summed E-state index contributed by atoms with van der Waals surface area (Å²) < 4.78 is 0. The molecule has 4 heteroatoms. The van der Waals surface area contributed by atoms with E-state index in [1.807, 2.05) is 4.90 Å². The van der Waals surface area contributed by atoms with Crippen molar-refractivity contribution in [1.29, 1.82) is 0 Å². The van der Waals surface area contributed by atoms with Gasteiger partial charge in [0.2, 0.25) is 11.8 Å². The number of nitrogens with zero attached hydrogens (tertiary/aromatic N) is 1. The van der Waals surface area contributed by atoms with E-state index in [0.29, 0.717) is 12.5 Å². The van der Waals surface area contributed by atoms with Gasteiger partial charge in [-0.2, -0.15) is 0 Å². The molecule has 5 aliphatic carbocycles. The zero-order chi connectivity index (χ0) is 16.3. The lowest BCUT2D eigenvalue weighted by Gasteiger charge is -2.57. The number of rotatable bonds is 3. The molecular formula is C20H30N2O2. The summed E-state index contributed by atoms with van der Waals surface area (Å²) in [6.45, 7) is 1.52. The number of hydrogen-bond donors (Lipinski definition) is 1. The van der Waals surface area contributed by atoms with Crippen molar-refractivity contribution in [2.45, 2.75) is 69.7 Å². The van der Waals surface area contributed by atoms with Gasteiger partial charge in [-0.15, -0.1) is 0 Å². The monoisotopic (exact) mass is 330 g/mol. The topological polar surface area (TPSA) is 49.4 Å². The zero-order valence-corrected chi connectivity index (χ0v) is 14.6. The Labute approximate surface area is 144 Å². The lowest BCUT2D eigenvalue weighted by atomic mass is 9.53. The van der Waals surface area contributed by atoms with Crippen LogP contribution in [0.15, 0.2) is 0 Å². The lowest BCUT2D eigenvalue weighted by molar-refractivity contribution is -0.138. The van der Waals surface area contributed by atoms with Crippen LogP contribution in [0.4, 0.5) is 0 Å². The predicted octanol–water partition coefficient (Wildman–Crippen LogP) is 2.72. The van der Waals surface area contributed by atoms with E-state index in [2.05, 4.69) is 5.32 Å². The summed E-state index contributed by atoms with van der Waals surface area (Å²) in [5, 5.41) is 3.52. The normalized spacial score (nSPS) is 43.8. The number of nitrogens with one attached hydrogen (secondary N) is 1. The molecule has 0 aromatic carbocycles. The highest BCUT2D eigenvalue weighted by atomic mass is 16.2. The van der Waals surface area contributed by atoms with Gasteiger partial charge >= 0.3 is 0 Å². The maximum Gasteiger partial charge on any atom is 0.225 e. The largest absolute Gasteiger partial charge is 0.350 e. The van der Waals surface area contributed by atoms with Gasteiger partial charge in [-0.1, -0.05) is 0 Å². The number of piperidine rings is 1. The Morgan fingerprint density at radius 1 is 0.875 bits per heavy atom. The van der Waals surface area contributed by atoms with Crippen LogP contribution in [0, 0.1) is 29.6 Å². The van der Waals surface area contributed by atoms with E-state index in [9.17, 15) is 9.59 Å². The van der Waals surface area contributed by atoms with E-state index < -0.39 is 0 Å². The molecule has 1 saturated heterocycles. The van der Waals surface area contributed by atoms with E-state index in [0.717, 1.165) is 50.0 Å². The van der Waals surface area contributed by atoms with Crippen LogP contribution in [0.3, 0.4) is 0 Å². The van der Waals surface area contributed by atoms with E-state index >= 15 is 0 Å². The molecule has 0 radical (unpaired) electrons. The van der Waals surface area contributed by atoms with Crippen LogP contribution >= 0.6 is 0 Å². The second-order valence-electron chi connectivity index (χ2n) is 9.58. The molecule has 1 aliphatic heterocycles. The molecule has 5 saturated carbocycles. The Morgan fingerprint density at radius 3 is 2.08 bits per heavy atom. The molecule has 4 bridgehead atoms. The van der Waals surface area contributed by atoms with Crippen molar-refractivity contribution in [1.82, 2.24) is 10.2 Å². The average molecular weight is 330 g/mol. The molecule has 1 N–H and O–H groups in total. The summed E-state index contributed by atoms with van der Waals surface area (Å²) in [6, 6.07) is 0. The molecule has 0 spiro atoms. The fourth-order valence-electron chi connectivity index (χ4n) is 6.61. The molecule has 6 aliphatic rings. The van der Waals surface area contributed by atoms with Crippen molar-refractivity contribution in [2.24, 2.45) is 29.6 Å². The number of hydrogen-bond acceptors (Lipinski definition) is 2. The van der Waals surface area contributed by atoms with E-state index in [-0.39, 0.29) is 23.3 Å². The molecule has 4 nitrogen and oxygen atoms in total. The second-order valence-corrected chi connectivity index (χ2v) is 9.58. The Balaban J connectivity index is 1.24. The third kappa shape index (κ3) is 2.66. The molecule has 132 valence electrons. The zero-order valence-electron chi connectivity index (χ0n) is 14.6. The van der Waals surface area contributed by atoms with Crippen molar-refractivity contribution in [3.8, 4) is 0 Å². The molecule has 6 fully saturated rings. The number of carbonyl (C=O) groups is 2. The minimum atomic E-state index is 0.0226. The molecule has 0 unspecified atom stereocenters. The fourth-order valence-corrected chi connectivity index (χ4v) is 6.61. The maximum absolute atomic E-state index is 13.0. The Bertz CT molecular complexity index is 519. The van der Waals surface area contributed by atoms with Crippen molar-refractivity contribution in [3.63, 3.8) is 0 Å². The standard InChI is InChI=1S/C20H30N2O2/c23-18(17-2-1-5-22(12-17)19(24)16-3-4-16)21-20-9-13-6-14(10-20)8-15(7-13)11-20/h13-17H,1-12H2,(H,21,23)/t13?,14?,15?,17-,20?/m0/s1. The van der Waals surface area contributed by atoms with Gasteiger partial charge in [0.1, 0.15) is 0 Å². The van der Waals surface area contributed by atoms with Crippen LogP contribution in [-0.2, 0) is 9.59 Å². The summed E-state index contributed by atoms with van der Waals surface area (Å²) in [6.07, 6.45) is 11.9. The smallest absolute Gasteiger partial charge is 0.225 e. The third-order valence-corrected chi connectivity index (χ3v) is 7.46. The highest BCUT2D eigenvalue weighted by Gasteiger charge is 2.52. The highest BCUT2D eigenvalue weighted by Crippen LogP contribution is 2.55. The summed E-state index contributed by atoms with van der Waals surface area (Å²) >= 11 is 0. The van der Waals surface area contributed by atoms with Gasteiger partial charge in [0.15, 0.2) is 0 Å². The van der Waals surface area contributed by atoms with Crippen molar-refractivity contribution in [3.05, 3.63) is 0 Å². The molecule has 0 aromatic heterocycles. The molecule has 1 heterocycles. The van der Waals surface area contributed by atoms with E-state index in [1.165, 1.54) is 38.5 Å². The van der Waals surface area contributed by atoms with Gasteiger partial charge in [-0.3, -0.25) is 9.59 Å². The Hall–Kier alpha value is -1.06. The molecule has 24 heavy (non-hydrogen) atoms. The number of carbonyl (C=O) groups excluding carboxylic acids is 2. The van der Waals surface area contributed by atoms with Crippen LogP contribution in [0.25, 0.3) is 0 Å². The second kappa shape index (κ2) is 5.47. The summed E-state index contributed by atoms with van der Waals surface area (Å²) in [5.41, 5.74) is 0.106. The predicted molar refractivity (Wildman–Crippen MR) is 91.1 cm³/mol. The molecule has 1 atom stereocenters. The van der Waals surface area contributed by atoms with Gasteiger partial charge in [0, 0.05) is 24.5 Å². The Morgan fingerprint density at radius 2 is 1.50 bits per heavy atom. The van der Waals surface area contributed by atoms with Gasteiger partial charge in [0.05, 0.1) is 5.92 Å². The first-order chi connectivity index (χ1) is 11.6. The Kier molecular flexibility index (Phi) is 3.47. The van der Waals surface area contributed by atoms with Crippen LogP contribution in [0.1, 0.15) is 64.2 Å². The maximum atomic E-state index is 13.0. The summed E-state index contributed by atoms with van der Waals surface area (Å²) in [5.74, 6) is 3.42. The molecular weight excluding hydrogens is 300 g/mol. The van der Waals surface area contributed by atoms with Crippen molar-refractivity contribution < 1.29 is 9.59 Å². The molecule has 6 rings (SSSR count). The van der Waals surface area contributed by atoms with Crippen molar-refractivity contribution >= 4 is 11.8 Å². The van der Waals surface area contributed by atoms with Crippen LogP contribution in [-0.4, -0.2) is 35.3 Å². The van der Waals surface area contributed by atoms with Crippen molar-refractivity contribution in [2.75, 3.05) is 13.1 Å². The third-order valence-electron chi connectivity index (χ3n) is 7.46. The van der Waals surface area contributed by atoms with Gasteiger partial charge in [0.25, 0.3) is 0 Å². The molecule has 0 aromatic rings. The van der Waals surface area contributed by atoms with Crippen LogP contribution < -0.4 is 5.32 Å². The quantitative estimate of drug-likeness (QED) is 0.865. The van der Waals surface area contributed by atoms with E-state index in [1.54, 1.807) is 0 Å². The summed E-state index contributed by atoms with van der Waals surface area (Å²) in [4.78, 5) is 27.3. The first kappa shape index (κ1) is 15.2. The minimum absolute atomic E-state index is 0.0226.